The maximum Gasteiger partial charge on any atom is 0.270 e. The average molecular weight is 334 g/mol. The van der Waals surface area contributed by atoms with Crippen molar-refractivity contribution in [1.29, 1.82) is 0 Å². The van der Waals surface area contributed by atoms with Gasteiger partial charge in [0.1, 0.15) is 5.82 Å². The molecule has 2 aromatic carbocycles. The summed E-state index contributed by atoms with van der Waals surface area (Å²) in [5.41, 5.74) is 1.52. The summed E-state index contributed by atoms with van der Waals surface area (Å²) in [6.45, 7) is 2.01. The molecular formula is C18H17ClFNO2. The number of ether oxygens (including phenoxy) is 2. The van der Waals surface area contributed by atoms with Gasteiger partial charge in [-0.15, -0.1) is 0 Å². The molecule has 0 bridgehead atoms. The quantitative estimate of drug-likeness (QED) is 0.882. The predicted molar refractivity (Wildman–Crippen MR) is 86.7 cm³/mol. The molecule has 23 heavy (non-hydrogen) atoms. The van der Waals surface area contributed by atoms with E-state index in [0.717, 1.165) is 37.2 Å². The molecule has 1 saturated heterocycles. The van der Waals surface area contributed by atoms with Crippen molar-refractivity contribution < 1.29 is 13.9 Å². The summed E-state index contributed by atoms with van der Waals surface area (Å²) in [5.74, 6) is 1.46. The maximum atomic E-state index is 14.1. The summed E-state index contributed by atoms with van der Waals surface area (Å²) in [7, 11) is 0. The molecule has 2 heterocycles. The van der Waals surface area contributed by atoms with E-state index in [1.807, 2.05) is 12.1 Å². The highest BCUT2D eigenvalue weighted by atomic mass is 35.5. The van der Waals surface area contributed by atoms with Crippen molar-refractivity contribution in [3.8, 4) is 11.5 Å². The fourth-order valence-corrected chi connectivity index (χ4v) is 3.43. The van der Waals surface area contributed by atoms with Crippen LogP contribution in [0.4, 0.5) is 4.39 Å². The third-order valence-corrected chi connectivity index (χ3v) is 4.70. The Morgan fingerprint density at radius 3 is 2.65 bits per heavy atom. The van der Waals surface area contributed by atoms with Gasteiger partial charge in [0.05, 0.1) is 5.56 Å². The van der Waals surface area contributed by atoms with Gasteiger partial charge in [0, 0.05) is 10.6 Å². The fourth-order valence-electron chi connectivity index (χ4n) is 3.27. The number of piperidine rings is 1. The minimum atomic E-state index is -0.759. The van der Waals surface area contributed by atoms with Crippen LogP contribution in [0.15, 0.2) is 36.4 Å². The number of para-hydroxylation sites is 1. The predicted octanol–water partition coefficient (Wildman–Crippen LogP) is 4.42. The zero-order valence-electron chi connectivity index (χ0n) is 12.5. The lowest BCUT2D eigenvalue weighted by Gasteiger charge is -2.24. The van der Waals surface area contributed by atoms with Gasteiger partial charge in [-0.25, -0.2) is 4.39 Å². The molecular weight excluding hydrogens is 317 g/mol. The lowest BCUT2D eigenvalue weighted by atomic mass is 9.89. The molecule has 120 valence electrons. The molecule has 0 radical (unpaired) electrons. The molecule has 2 aliphatic rings. The molecule has 2 aromatic rings. The van der Waals surface area contributed by atoms with Gasteiger partial charge in [-0.1, -0.05) is 23.7 Å². The van der Waals surface area contributed by atoms with Gasteiger partial charge in [0.2, 0.25) is 0 Å². The molecule has 4 rings (SSSR count). The summed E-state index contributed by atoms with van der Waals surface area (Å²) in [6, 6.07) is 10.5. The Kier molecular flexibility index (Phi) is 3.87. The average Bonchev–Trinajstić information content (AvgIpc) is 2.99. The molecule has 2 aliphatic heterocycles. The van der Waals surface area contributed by atoms with Gasteiger partial charge in [0.25, 0.3) is 6.29 Å². The first kappa shape index (κ1) is 14.8. The van der Waals surface area contributed by atoms with Crippen molar-refractivity contribution in [2.24, 2.45) is 0 Å². The first-order valence-electron chi connectivity index (χ1n) is 7.84. The van der Waals surface area contributed by atoms with Crippen molar-refractivity contribution in [3.05, 3.63) is 58.4 Å². The number of hydrogen-bond donors (Lipinski definition) is 1. The molecule has 0 spiro atoms. The van der Waals surface area contributed by atoms with Gasteiger partial charge in [-0.05, 0) is 56.1 Å². The Labute approximate surface area is 139 Å². The van der Waals surface area contributed by atoms with Crippen molar-refractivity contribution in [2.75, 3.05) is 13.1 Å². The van der Waals surface area contributed by atoms with Crippen LogP contribution < -0.4 is 14.8 Å². The lowest BCUT2D eigenvalue weighted by molar-refractivity contribution is 0.0447. The van der Waals surface area contributed by atoms with Crippen LogP contribution in [0.25, 0.3) is 0 Å². The van der Waals surface area contributed by atoms with E-state index in [-0.39, 0.29) is 0 Å². The summed E-state index contributed by atoms with van der Waals surface area (Å²) in [5, 5.41) is 3.72. The number of fused-ring (bicyclic) bond motifs is 1. The fraction of sp³-hybridized carbons (Fsp3) is 0.333. The highest BCUT2D eigenvalue weighted by Crippen LogP contribution is 2.47. The first-order valence-corrected chi connectivity index (χ1v) is 8.22. The van der Waals surface area contributed by atoms with Crippen LogP contribution in [0, 0.1) is 5.82 Å². The topological polar surface area (TPSA) is 30.5 Å². The second-order valence-electron chi connectivity index (χ2n) is 5.93. The Morgan fingerprint density at radius 2 is 1.87 bits per heavy atom. The van der Waals surface area contributed by atoms with Crippen molar-refractivity contribution in [2.45, 2.75) is 25.0 Å². The third-order valence-electron chi connectivity index (χ3n) is 4.46. The largest absolute Gasteiger partial charge is 0.447 e. The van der Waals surface area contributed by atoms with E-state index < -0.39 is 12.1 Å². The normalized spacial score (nSPS) is 20.7. The standard InChI is InChI=1S/C18H17ClFNO2/c19-12-4-5-14(15(20)10-12)18-22-16-3-1-2-13(17(16)23-18)11-6-8-21-9-7-11/h1-5,10-11,18,21H,6-9H2. The Balaban J connectivity index is 1.64. The van der Waals surface area contributed by atoms with Crippen molar-refractivity contribution in [1.82, 2.24) is 5.32 Å². The van der Waals surface area contributed by atoms with Crippen LogP contribution in [0.1, 0.15) is 36.2 Å². The van der Waals surface area contributed by atoms with Crippen LogP contribution in [0.5, 0.6) is 11.5 Å². The molecule has 1 unspecified atom stereocenters. The van der Waals surface area contributed by atoms with E-state index in [9.17, 15) is 4.39 Å². The number of hydrogen-bond acceptors (Lipinski definition) is 3. The van der Waals surface area contributed by atoms with Crippen LogP contribution >= 0.6 is 11.6 Å². The SMILES string of the molecule is Fc1cc(Cl)ccc1C1Oc2cccc(C3CCNCC3)c2O1. The van der Waals surface area contributed by atoms with Gasteiger partial charge >= 0.3 is 0 Å². The number of halogens is 2. The molecule has 1 atom stereocenters. The smallest absolute Gasteiger partial charge is 0.270 e. The zero-order chi connectivity index (χ0) is 15.8. The van der Waals surface area contributed by atoms with Gasteiger partial charge in [-0.3, -0.25) is 0 Å². The minimum Gasteiger partial charge on any atom is -0.447 e. The number of benzene rings is 2. The Morgan fingerprint density at radius 1 is 1.04 bits per heavy atom. The van der Waals surface area contributed by atoms with Crippen LogP contribution in [-0.4, -0.2) is 13.1 Å². The number of nitrogens with one attached hydrogen (secondary N) is 1. The maximum absolute atomic E-state index is 14.1. The summed E-state index contributed by atoms with van der Waals surface area (Å²) >= 11 is 5.81. The highest BCUT2D eigenvalue weighted by molar-refractivity contribution is 6.30. The third kappa shape index (κ3) is 2.77. The van der Waals surface area contributed by atoms with Crippen LogP contribution in [0.2, 0.25) is 5.02 Å². The molecule has 1 N–H and O–H groups in total. The molecule has 0 aromatic heterocycles. The summed E-state index contributed by atoms with van der Waals surface area (Å²) in [4.78, 5) is 0. The lowest BCUT2D eigenvalue weighted by Crippen LogP contribution is -2.26. The monoisotopic (exact) mass is 333 g/mol. The second kappa shape index (κ2) is 6.02. The zero-order valence-corrected chi connectivity index (χ0v) is 13.3. The van der Waals surface area contributed by atoms with Crippen LogP contribution in [0.3, 0.4) is 0 Å². The van der Waals surface area contributed by atoms with E-state index >= 15 is 0 Å². The van der Waals surface area contributed by atoms with E-state index in [1.165, 1.54) is 6.07 Å². The molecule has 0 saturated carbocycles. The Bertz CT molecular complexity index is 731. The summed E-state index contributed by atoms with van der Waals surface area (Å²) < 4.78 is 25.9. The molecule has 5 heteroatoms. The van der Waals surface area contributed by atoms with E-state index in [2.05, 4.69) is 11.4 Å². The van der Waals surface area contributed by atoms with Crippen LogP contribution in [-0.2, 0) is 0 Å². The highest BCUT2D eigenvalue weighted by Gasteiger charge is 2.32. The minimum absolute atomic E-state index is 0.358. The first-order chi connectivity index (χ1) is 11.2. The Hall–Kier alpha value is -1.78. The molecule has 0 aliphatic carbocycles. The van der Waals surface area contributed by atoms with E-state index in [0.29, 0.717) is 22.3 Å². The van der Waals surface area contributed by atoms with Gasteiger partial charge in [0.15, 0.2) is 11.5 Å². The second-order valence-corrected chi connectivity index (χ2v) is 6.37. The summed E-state index contributed by atoms with van der Waals surface area (Å²) in [6.07, 6.45) is 1.38. The molecule has 3 nitrogen and oxygen atoms in total. The van der Waals surface area contributed by atoms with E-state index in [4.69, 9.17) is 21.1 Å². The van der Waals surface area contributed by atoms with Gasteiger partial charge in [-0.2, -0.15) is 0 Å². The molecule has 0 amide bonds. The molecule has 1 fully saturated rings. The van der Waals surface area contributed by atoms with E-state index in [1.54, 1.807) is 12.1 Å². The van der Waals surface area contributed by atoms with Gasteiger partial charge < -0.3 is 14.8 Å². The van der Waals surface area contributed by atoms with Crippen molar-refractivity contribution >= 4 is 11.6 Å². The van der Waals surface area contributed by atoms with Crippen molar-refractivity contribution in [3.63, 3.8) is 0 Å². The number of rotatable bonds is 2.